The molecule has 2 N–H and O–H groups in total. The minimum atomic E-state index is 0.383. The molecular formula is C18H34N6O. The van der Waals surface area contributed by atoms with Gasteiger partial charge in [-0.15, -0.1) is 0 Å². The van der Waals surface area contributed by atoms with Gasteiger partial charge in [0, 0.05) is 32.7 Å². The minimum absolute atomic E-state index is 0.383. The molecule has 1 aromatic heterocycles. The molecule has 0 aliphatic carbocycles. The summed E-state index contributed by atoms with van der Waals surface area (Å²) in [7, 11) is 4.00. The summed E-state index contributed by atoms with van der Waals surface area (Å²) in [4.78, 5) is 9.24. The van der Waals surface area contributed by atoms with E-state index in [-0.39, 0.29) is 0 Å². The summed E-state index contributed by atoms with van der Waals surface area (Å²) in [5.41, 5.74) is 0.989. The number of likely N-dealkylation sites (N-methyl/N-ethyl adjacent to an activating group) is 1. The molecule has 2 rings (SSSR count). The van der Waals surface area contributed by atoms with Crippen molar-refractivity contribution in [3.05, 3.63) is 17.5 Å². The molecule has 0 amide bonds. The minimum Gasteiger partial charge on any atom is -0.359 e. The lowest BCUT2D eigenvalue weighted by molar-refractivity contribution is 0.274. The maximum Gasteiger partial charge on any atom is 0.191 e. The third-order valence-corrected chi connectivity index (χ3v) is 4.58. The van der Waals surface area contributed by atoms with Crippen LogP contribution in [0.5, 0.6) is 0 Å². The molecule has 1 aromatic rings. The quantitative estimate of drug-likeness (QED) is 0.441. The van der Waals surface area contributed by atoms with E-state index in [2.05, 4.69) is 51.5 Å². The van der Waals surface area contributed by atoms with Crippen LogP contribution in [0.15, 0.2) is 15.6 Å². The molecule has 142 valence electrons. The molecule has 2 heterocycles. The SMILES string of the molecule is CN=C(NCCCN1CCCN(C)CC1)NCc1cc(C(C)C)no1. The van der Waals surface area contributed by atoms with E-state index in [4.69, 9.17) is 4.52 Å². The Morgan fingerprint density at radius 3 is 2.84 bits per heavy atom. The van der Waals surface area contributed by atoms with Gasteiger partial charge in [0.15, 0.2) is 11.7 Å². The van der Waals surface area contributed by atoms with Crippen LogP contribution in [0.1, 0.15) is 44.1 Å². The van der Waals surface area contributed by atoms with Crippen LogP contribution in [0, 0.1) is 0 Å². The van der Waals surface area contributed by atoms with E-state index in [0.29, 0.717) is 12.5 Å². The van der Waals surface area contributed by atoms with Crippen LogP contribution in [-0.2, 0) is 6.54 Å². The van der Waals surface area contributed by atoms with Gasteiger partial charge in [-0.3, -0.25) is 4.99 Å². The Kier molecular flexibility index (Phi) is 8.21. The van der Waals surface area contributed by atoms with Crippen molar-refractivity contribution < 1.29 is 4.52 Å². The number of rotatable bonds is 7. The first-order valence-corrected chi connectivity index (χ1v) is 9.39. The zero-order valence-electron chi connectivity index (χ0n) is 16.2. The summed E-state index contributed by atoms with van der Waals surface area (Å²) in [5.74, 6) is 2.02. The van der Waals surface area contributed by atoms with Crippen molar-refractivity contribution in [2.45, 2.75) is 39.2 Å². The van der Waals surface area contributed by atoms with E-state index in [1.165, 1.54) is 32.6 Å². The number of hydrogen-bond acceptors (Lipinski definition) is 5. The van der Waals surface area contributed by atoms with Gasteiger partial charge in [0.2, 0.25) is 0 Å². The second-order valence-electron chi connectivity index (χ2n) is 7.08. The molecule has 1 fully saturated rings. The van der Waals surface area contributed by atoms with Gasteiger partial charge < -0.3 is 25.0 Å². The van der Waals surface area contributed by atoms with Gasteiger partial charge in [-0.2, -0.15) is 0 Å². The molecule has 1 aliphatic rings. The largest absolute Gasteiger partial charge is 0.359 e. The lowest BCUT2D eigenvalue weighted by atomic mass is 10.1. The summed E-state index contributed by atoms with van der Waals surface area (Å²) in [6, 6.07) is 2.00. The fourth-order valence-corrected chi connectivity index (χ4v) is 2.91. The Bertz CT molecular complexity index is 527. The van der Waals surface area contributed by atoms with Crippen LogP contribution in [0.4, 0.5) is 0 Å². The molecule has 7 heteroatoms. The van der Waals surface area contributed by atoms with E-state index in [1.54, 1.807) is 7.05 Å². The molecule has 25 heavy (non-hydrogen) atoms. The standard InChI is InChI=1S/C18H34N6O/c1-15(2)17-13-16(25-22-17)14-21-18(19-3)20-7-5-9-24-10-6-8-23(4)11-12-24/h13,15H,5-12,14H2,1-4H3,(H2,19,20,21). The lowest BCUT2D eigenvalue weighted by Gasteiger charge is -2.20. The van der Waals surface area contributed by atoms with E-state index >= 15 is 0 Å². The summed E-state index contributed by atoms with van der Waals surface area (Å²) in [6.07, 6.45) is 2.38. The molecule has 1 aliphatic heterocycles. The Labute approximate surface area is 151 Å². The van der Waals surface area contributed by atoms with Crippen LogP contribution in [0.3, 0.4) is 0 Å². The van der Waals surface area contributed by atoms with Gasteiger partial charge in [-0.25, -0.2) is 0 Å². The molecule has 0 radical (unpaired) electrons. The Morgan fingerprint density at radius 1 is 1.28 bits per heavy atom. The topological polar surface area (TPSA) is 68.9 Å². The number of hydrogen-bond donors (Lipinski definition) is 2. The molecule has 0 spiro atoms. The van der Waals surface area contributed by atoms with E-state index in [9.17, 15) is 0 Å². The first kappa shape index (κ1) is 19.7. The first-order valence-electron chi connectivity index (χ1n) is 9.39. The van der Waals surface area contributed by atoms with E-state index in [1.807, 2.05) is 6.07 Å². The average Bonchev–Trinajstić information content (AvgIpc) is 2.98. The zero-order valence-corrected chi connectivity index (χ0v) is 16.2. The van der Waals surface area contributed by atoms with Crippen LogP contribution in [0.25, 0.3) is 0 Å². The Morgan fingerprint density at radius 2 is 2.12 bits per heavy atom. The predicted octanol–water partition coefficient (Wildman–Crippen LogP) is 1.49. The summed E-state index contributed by atoms with van der Waals surface area (Å²) in [5, 5.41) is 10.7. The molecule has 0 aromatic carbocycles. The van der Waals surface area contributed by atoms with Gasteiger partial charge in [-0.1, -0.05) is 19.0 Å². The van der Waals surface area contributed by atoms with Crippen molar-refractivity contribution >= 4 is 5.96 Å². The normalized spacial score (nSPS) is 17.7. The number of aromatic nitrogens is 1. The average molecular weight is 351 g/mol. The molecular weight excluding hydrogens is 316 g/mol. The van der Waals surface area contributed by atoms with Crippen molar-refractivity contribution in [1.29, 1.82) is 0 Å². The molecule has 0 atom stereocenters. The highest BCUT2D eigenvalue weighted by molar-refractivity contribution is 5.79. The third-order valence-electron chi connectivity index (χ3n) is 4.58. The van der Waals surface area contributed by atoms with E-state index < -0.39 is 0 Å². The fraction of sp³-hybridized carbons (Fsp3) is 0.778. The zero-order chi connectivity index (χ0) is 18.1. The monoisotopic (exact) mass is 350 g/mol. The van der Waals surface area contributed by atoms with Crippen molar-refractivity contribution in [2.75, 3.05) is 53.4 Å². The number of aliphatic imine (C=N–C) groups is 1. The van der Waals surface area contributed by atoms with Crippen LogP contribution < -0.4 is 10.6 Å². The van der Waals surface area contributed by atoms with Gasteiger partial charge in [-0.05, 0) is 45.4 Å². The van der Waals surface area contributed by atoms with Crippen molar-refractivity contribution in [3.63, 3.8) is 0 Å². The van der Waals surface area contributed by atoms with Crippen molar-refractivity contribution in [2.24, 2.45) is 4.99 Å². The van der Waals surface area contributed by atoms with Gasteiger partial charge >= 0.3 is 0 Å². The van der Waals surface area contributed by atoms with Gasteiger partial charge in [0.25, 0.3) is 0 Å². The summed E-state index contributed by atoms with van der Waals surface area (Å²) in [6.45, 7) is 11.6. The second kappa shape index (κ2) is 10.4. The first-order chi connectivity index (χ1) is 12.1. The fourth-order valence-electron chi connectivity index (χ4n) is 2.91. The Balaban J connectivity index is 1.63. The molecule has 7 nitrogen and oxygen atoms in total. The molecule has 0 saturated carbocycles. The van der Waals surface area contributed by atoms with Gasteiger partial charge in [0.1, 0.15) is 0 Å². The number of guanidine groups is 1. The smallest absolute Gasteiger partial charge is 0.191 e. The Hall–Kier alpha value is -1.60. The van der Waals surface area contributed by atoms with E-state index in [0.717, 1.165) is 36.9 Å². The molecule has 0 bridgehead atoms. The predicted molar refractivity (Wildman–Crippen MR) is 102 cm³/mol. The summed E-state index contributed by atoms with van der Waals surface area (Å²) >= 11 is 0. The third kappa shape index (κ3) is 7.04. The lowest BCUT2D eigenvalue weighted by Crippen LogP contribution is -2.38. The highest BCUT2D eigenvalue weighted by Gasteiger charge is 2.11. The molecule has 0 unspecified atom stereocenters. The maximum absolute atomic E-state index is 5.34. The summed E-state index contributed by atoms with van der Waals surface area (Å²) < 4.78 is 5.34. The maximum atomic E-state index is 5.34. The van der Waals surface area contributed by atoms with Crippen LogP contribution in [-0.4, -0.2) is 74.3 Å². The van der Waals surface area contributed by atoms with Crippen molar-refractivity contribution in [1.82, 2.24) is 25.6 Å². The second-order valence-corrected chi connectivity index (χ2v) is 7.08. The van der Waals surface area contributed by atoms with Crippen molar-refractivity contribution in [3.8, 4) is 0 Å². The number of nitrogens with zero attached hydrogens (tertiary/aromatic N) is 4. The highest BCUT2D eigenvalue weighted by Crippen LogP contribution is 2.13. The molecule has 1 saturated heterocycles. The highest BCUT2D eigenvalue weighted by atomic mass is 16.5. The van der Waals surface area contributed by atoms with Crippen LogP contribution >= 0.6 is 0 Å². The number of nitrogens with one attached hydrogen (secondary N) is 2. The van der Waals surface area contributed by atoms with Gasteiger partial charge in [0.05, 0.1) is 12.2 Å². The van der Waals surface area contributed by atoms with Crippen LogP contribution in [0.2, 0.25) is 0 Å².